The third kappa shape index (κ3) is 3.44. The van der Waals surface area contributed by atoms with Gasteiger partial charge in [-0.3, -0.25) is 0 Å². The van der Waals surface area contributed by atoms with E-state index in [-0.39, 0.29) is 6.04 Å². The third-order valence-corrected chi connectivity index (χ3v) is 8.58. The molecule has 2 heterocycles. The Balaban J connectivity index is 1.44. The molecule has 2 aliphatic heterocycles. The van der Waals surface area contributed by atoms with Crippen LogP contribution in [0.15, 0.2) is 64.0 Å². The second-order valence-electron chi connectivity index (χ2n) is 7.79. The van der Waals surface area contributed by atoms with Gasteiger partial charge in [0, 0.05) is 29.2 Å². The molecule has 2 aromatic carbocycles. The average molecular weight is 475 g/mol. The van der Waals surface area contributed by atoms with Crippen LogP contribution in [0.25, 0.3) is 0 Å². The number of nitrogens with zero attached hydrogens (tertiary/aromatic N) is 1. The van der Waals surface area contributed by atoms with E-state index in [0.717, 1.165) is 22.1 Å². The maximum atomic E-state index is 12.9. The van der Waals surface area contributed by atoms with Crippen molar-refractivity contribution in [1.82, 2.24) is 4.31 Å². The van der Waals surface area contributed by atoms with Crippen LogP contribution in [0.4, 0.5) is 5.69 Å². The fourth-order valence-electron chi connectivity index (χ4n) is 4.68. The number of fused-ring (bicyclic) bond motifs is 3. The maximum absolute atomic E-state index is 12.9. The highest BCUT2D eigenvalue weighted by Gasteiger charge is 2.38. The Bertz CT molecular complexity index is 1050. The van der Waals surface area contributed by atoms with E-state index in [1.165, 1.54) is 9.87 Å². The lowest BCUT2D eigenvalue weighted by Crippen LogP contribution is -2.40. The van der Waals surface area contributed by atoms with Gasteiger partial charge < -0.3 is 10.1 Å². The smallest absolute Gasteiger partial charge is 0.243 e. The van der Waals surface area contributed by atoms with Crippen LogP contribution in [0.3, 0.4) is 0 Å². The van der Waals surface area contributed by atoms with Gasteiger partial charge in [0.1, 0.15) is 0 Å². The SMILES string of the molecule is O=S(=O)(c1ccc([C@H]2Nc3ccc(Br)cc3[C@H]3C=CC[C@H]32)cc1)N1CCOCC1. The number of anilines is 1. The number of rotatable bonds is 3. The van der Waals surface area contributed by atoms with Crippen LogP contribution in [-0.2, 0) is 14.8 Å². The number of ether oxygens (including phenoxy) is 1. The van der Waals surface area contributed by atoms with Gasteiger partial charge in [-0.25, -0.2) is 8.42 Å². The first-order valence-electron chi connectivity index (χ1n) is 9.94. The summed E-state index contributed by atoms with van der Waals surface area (Å²) in [6, 6.07) is 13.9. The van der Waals surface area contributed by atoms with Gasteiger partial charge in [-0.15, -0.1) is 0 Å². The van der Waals surface area contributed by atoms with E-state index in [0.29, 0.717) is 43.0 Å². The zero-order valence-corrected chi connectivity index (χ0v) is 18.3. The van der Waals surface area contributed by atoms with Gasteiger partial charge in [0.2, 0.25) is 10.0 Å². The highest BCUT2D eigenvalue weighted by atomic mass is 79.9. The molecule has 7 heteroatoms. The summed E-state index contributed by atoms with van der Waals surface area (Å²) in [5, 5.41) is 3.70. The van der Waals surface area contributed by atoms with Crippen LogP contribution >= 0.6 is 15.9 Å². The molecule has 152 valence electrons. The quantitative estimate of drug-likeness (QED) is 0.673. The maximum Gasteiger partial charge on any atom is 0.243 e. The van der Waals surface area contributed by atoms with Crippen LogP contribution in [0, 0.1) is 5.92 Å². The Morgan fingerprint density at radius 1 is 1.07 bits per heavy atom. The summed E-state index contributed by atoms with van der Waals surface area (Å²) < 4.78 is 33.7. The molecule has 3 aliphatic rings. The van der Waals surface area contributed by atoms with Crippen molar-refractivity contribution < 1.29 is 13.2 Å². The molecular formula is C22H23BrN2O3S. The number of hydrogen-bond donors (Lipinski definition) is 1. The Labute approximate surface area is 179 Å². The normalized spacial score (nSPS) is 26.6. The van der Waals surface area contributed by atoms with Gasteiger partial charge in [-0.1, -0.05) is 40.2 Å². The first-order valence-corrected chi connectivity index (χ1v) is 12.2. The number of hydrogen-bond acceptors (Lipinski definition) is 4. The van der Waals surface area contributed by atoms with Crippen molar-refractivity contribution in [2.75, 3.05) is 31.6 Å². The highest BCUT2D eigenvalue weighted by molar-refractivity contribution is 9.10. The molecule has 1 aliphatic carbocycles. The van der Waals surface area contributed by atoms with Gasteiger partial charge in [0.25, 0.3) is 0 Å². The largest absolute Gasteiger partial charge is 0.379 e. The van der Waals surface area contributed by atoms with E-state index in [4.69, 9.17) is 4.74 Å². The van der Waals surface area contributed by atoms with E-state index < -0.39 is 10.0 Å². The van der Waals surface area contributed by atoms with Crippen LogP contribution in [0.5, 0.6) is 0 Å². The van der Waals surface area contributed by atoms with Crippen LogP contribution < -0.4 is 5.32 Å². The Hall–Kier alpha value is -1.67. The first-order chi connectivity index (χ1) is 14.0. The van der Waals surface area contributed by atoms with Crippen molar-refractivity contribution >= 4 is 31.6 Å². The molecule has 1 saturated heterocycles. The average Bonchev–Trinajstić information content (AvgIpc) is 3.24. The molecule has 0 saturated carbocycles. The molecule has 3 atom stereocenters. The fraction of sp³-hybridized carbons (Fsp3) is 0.364. The zero-order valence-electron chi connectivity index (χ0n) is 15.9. The summed E-state index contributed by atoms with van der Waals surface area (Å²) in [7, 11) is -3.47. The molecule has 1 fully saturated rings. The van der Waals surface area contributed by atoms with Gasteiger partial charge in [-0.05, 0) is 53.8 Å². The Kier molecular flexibility index (Phi) is 5.02. The minimum atomic E-state index is -3.47. The van der Waals surface area contributed by atoms with Crippen LogP contribution in [0.1, 0.15) is 29.5 Å². The molecule has 0 radical (unpaired) electrons. The number of halogens is 1. The first kappa shape index (κ1) is 19.3. The van der Waals surface area contributed by atoms with Gasteiger partial charge in [-0.2, -0.15) is 4.31 Å². The zero-order chi connectivity index (χ0) is 20.0. The monoisotopic (exact) mass is 474 g/mol. The van der Waals surface area contributed by atoms with Crippen molar-refractivity contribution in [2.24, 2.45) is 5.92 Å². The number of morpholine rings is 1. The molecule has 0 spiro atoms. The predicted octanol–water partition coefficient (Wildman–Crippen LogP) is 4.30. The molecular weight excluding hydrogens is 452 g/mol. The number of sulfonamides is 1. The van der Waals surface area contributed by atoms with Gasteiger partial charge >= 0.3 is 0 Å². The van der Waals surface area contributed by atoms with E-state index >= 15 is 0 Å². The Morgan fingerprint density at radius 3 is 2.59 bits per heavy atom. The van der Waals surface area contributed by atoms with Gasteiger partial charge in [0.15, 0.2) is 0 Å². The molecule has 5 nitrogen and oxygen atoms in total. The molecule has 0 bridgehead atoms. The molecule has 0 unspecified atom stereocenters. The minimum Gasteiger partial charge on any atom is -0.379 e. The lowest BCUT2D eigenvalue weighted by Gasteiger charge is -2.37. The van der Waals surface area contributed by atoms with Crippen LogP contribution in [-0.4, -0.2) is 39.0 Å². The lowest BCUT2D eigenvalue weighted by molar-refractivity contribution is 0.0730. The van der Waals surface area contributed by atoms with E-state index in [2.05, 4.69) is 51.6 Å². The van der Waals surface area contributed by atoms with Crippen molar-refractivity contribution in [3.8, 4) is 0 Å². The number of nitrogens with one attached hydrogen (secondary N) is 1. The topological polar surface area (TPSA) is 58.6 Å². The fourth-order valence-corrected chi connectivity index (χ4v) is 6.47. The van der Waals surface area contributed by atoms with E-state index in [1.54, 1.807) is 12.1 Å². The van der Waals surface area contributed by atoms with Crippen molar-refractivity contribution in [1.29, 1.82) is 0 Å². The molecule has 0 aromatic heterocycles. The molecule has 0 amide bonds. The molecule has 29 heavy (non-hydrogen) atoms. The predicted molar refractivity (Wildman–Crippen MR) is 117 cm³/mol. The summed E-state index contributed by atoms with van der Waals surface area (Å²) >= 11 is 3.59. The summed E-state index contributed by atoms with van der Waals surface area (Å²) in [5.41, 5.74) is 3.59. The van der Waals surface area contributed by atoms with E-state index in [9.17, 15) is 8.42 Å². The van der Waals surface area contributed by atoms with Crippen molar-refractivity contribution in [3.05, 3.63) is 70.2 Å². The van der Waals surface area contributed by atoms with Crippen molar-refractivity contribution in [3.63, 3.8) is 0 Å². The van der Waals surface area contributed by atoms with Crippen molar-refractivity contribution in [2.45, 2.75) is 23.3 Å². The lowest BCUT2D eigenvalue weighted by atomic mass is 9.77. The number of benzene rings is 2. The molecule has 5 rings (SSSR count). The second kappa shape index (κ2) is 7.54. The highest BCUT2D eigenvalue weighted by Crippen LogP contribution is 2.50. The standard InChI is InChI=1S/C22H23BrN2O3S/c23-16-6-9-21-20(14-16)18-2-1-3-19(18)22(24-21)15-4-7-17(8-5-15)29(26,27)25-10-12-28-13-11-25/h1-2,4-9,14,18-19,22,24H,3,10-13H2/t18-,19+,22+/m0/s1. The third-order valence-electron chi connectivity index (χ3n) is 6.17. The summed E-state index contributed by atoms with van der Waals surface area (Å²) in [6.45, 7) is 1.73. The minimum absolute atomic E-state index is 0.156. The second-order valence-corrected chi connectivity index (χ2v) is 10.6. The van der Waals surface area contributed by atoms with Crippen LogP contribution in [0.2, 0.25) is 0 Å². The summed E-state index contributed by atoms with van der Waals surface area (Å²) in [5.74, 6) is 0.809. The summed E-state index contributed by atoms with van der Waals surface area (Å²) in [4.78, 5) is 0.351. The van der Waals surface area contributed by atoms with E-state index in [1.807, 2.05) is 12.1 Å². The Morgan fingerprint density at radius 2 is 1.83 bits per heavy atom. The number of allylic oxidation sites excluding steroid dienone is 2. The molecule has 1 N–H and O–H groups in total. The molecule has 2 aromatic rings. The van der Waals surface area contributed by atoms with Gasteiger partial charge in [0.05, 0.1) is 24.2 Å². The summed E-state index contributed by atoms with van der Waals surface area (Å²) in [6.07, 6.45) is 5.58.